The van der Waals surface area contributed by atoms with Crippen molar-refractivity contribution < 1.29 is 0 Å². The summed E-state index contributed by atoms with van der Waals surface area (Å²) in [7, 11) is 0. The van der Waals surface area contributed by atoms with Crippen LogP contribution in [-0.4, -0.2) is 23.1 Å². The van der Waals surface area contributed by atoms with Gasteiger partial charge >= 0.3 is 0 Å². The van der Waals surface area contributed by atoms with Crippen LogP contribution in [-0.2, 0) is 13.1 Å². The molecule has 0 fully saturated rings. The van der Waals surface area contributed by atoms with Gasteiger partial charge in [-0.25, -0.2) is 0 Å². The van der Waals surface area contributed by atoms with Crippen molar-refractivity contribution >= 4 is 11.8 Å². The van der Waals surface area contributed by atoms with Crippen molar-refractivity contribution in [2.24, 2.45) is 5.92 Å². The Labute approximate surface area is 104 Å². The van der Waals surface area contributed by atoms with Crippen LogP contribution in [0.1, 0.15) is 25.8 Å². The number of aromatic nitrogens is 1. The summed E-state index contributed by atoms with van der Waals surface area (Å²) in [5.41, 5.74) is 1.39. The maximum atomic E-state index is 3.46. The normalized spacial score (nSPS) is 11.2. The van der Waals surface area contributed by atoms with E-state index in [1.807, 2.05) is 11.8 Å². The minimum absolute atomic E-state index is 0.726. The Kier molecular flexibility index (Phi) is 6.65. The van der Waals surface area contributed by atoms with Gasteiger partial charge < -0.3 is 9.88 Å². The molecule has 0 radical (unpaired) electrons. The van der Waals surface area contributed by atoms with Crippen LogP contribution in [0.3, 0.4) is 0 Å². The average molecular weight is 240 g/mol. The molecule has 2 nitrogen and oxygen atoms in total. The van der Waals surface area contributed by atoms with Crippen LogP contribution in [0.5, 0.6) is 0 Å². The molecular weight excluding hydrogens is 216 g/mol. The Hall–Kier alpha value is -0.410. The summed E-state index contributed by atoms with van der Waals surface area (Å²) in [6.07, 6.45) is 7.87. The fraction of sp³-hybridized carbons (Fsp3) is 0.692. The SMILES string of the molecule is CSCCCn1ccc(CNCC(C)C)c1. The predicted molar refractivity (Wildman–Crippen MR) is 74.0 cm³/mol. The number of aryl methyl sites for hydroxylation is 1. The van der Waals surface area contributed by atoms with E-state index in [0.29, 0.717) is 0 Å². The Bertz CT molecular complexity index is 281. The van der Waals surface area contributed by atoms with E-state index in [-0.39, 0.29) is 0 Å². The Morgan fingerprint density at radius 1 is 1.44 bits per heavy atom. The largest absolute Gasteiger partial charge is 0.354 e. The molecule has 1 aromatic rings. The zero-order valence-corrected chi connectivity index (χ0v) is 11.5. The Morgan fingerprint density at radius 3 is 2.94 bits per heavy atom. The molecule has 16 heavy (non-hydrogen) atoms. The maximum absolute atomic E-state index is 3.46. The zero-order valence-electron chi connectivity index (χ0n) is 10.7. The van der Waals surface area contributed by atoms with Gasteiger partial charge in [0.05, 0.1) is 0 Å². The van der Waals surface area contributed by atoms with E-state index in [1.54, 1.807) is 0 Å². The van der Waals surface area contributed by atoms with E-state index in [0.717, 1.165) is 25.6 Å². The second-order valence-corrected chi connectivity index (χ2v) is 5.61. The van der Waals surface area contributed by atoms with Gasteiger partial charge in [-0.2, -0.15) is 11.8 Å². The highest BCUT2D eigenvalue weighted by atomic mass is 32.2. The molecule has 1 heterocycles. The molecule has 1 aromatic heterocycles. The first-order chi connectivity index (χ1) is 7.72. The lowest BCUT2D eigenvalue weighted by Gasteiger charge is -2.05. The molecule has 0 bridgehead atoms. The van der Waals surface area contributed by atoms with Gasteiger partial charge in [0.2, 0.25) is 0 Å². The van der Waals surface area contributed by atoms with Gasteiger partial charge in [0.1, 0.15) is 0 Å². The van der Waals surface area contributed by atoms with Crippen LogP contribution >= 0.6 is 11.8 Å². The molecule has 0 saturated carbocycles. The Balaban J connectivity index is 2.22. The molecule has 0 amide bonds. The number of rotatable bonds is 8. The molecular formula is C13H24N2S. The van der Waals surface area contributed by atoms with Gasteiger partial charge in [-0.1, -0.05) is 13.8 Å². The van der Waals surface area contributed by atoms with E-state index in [2.05, 4.69) is 48.4 Å². The van der Waals surface area contributed by atoms with Crippen molar-refractivity contribution in [2.75, 3.05) is 18.6 Å². The van der Waals surface area contributed by atoms with Gasteiger partial charge in [-0.3, -0.25) is 0 Å². The predicted octanol–water partition coefficient (Wildman–Crippen LogP) is 2.99. The molecule has 0 unspecified atom stereocenters. The van der Waals surface area contributed by atoms with Gasteiger partial charge in [-0.05, 0) is 42.5 Å². The molecule has 0 aliphatic heterocycles. The molecule has 0 aliphatic carbocycles. The summed E-state index contributed by atoms with van der Waals surface area (Å²) in [6.45, 7) is 7.71. The summed E-state index contributed by atoms with van der Waals surface area (Å²) < 4.78 is 2.29. The number of thioether (sulfide) groups is 1. The summed E-state index contributed by atoms with van der Waals surface area (Å²) in [5.74, 6) is 1.97. The van der Waals surface area contributed by atoms with Gasteiger partial charge in [0, 0.05) is 25.5 Å². The van der Waals surface area contributed by atoms with Crippen LogP contribution in [0.15, 0.2) is 18.5 Å². The van der Waals surface area contributed by atoms with E-state index in [9.17, 15) is 0 Å². The van der Waals surface area contributed by atoms with Crippen LogP contribution in [0.4, 0.5) is 0 Å². The maximum Gasteiger partial charge on any atom is 0.0227 e. The van der Waals surface area contributed by atoms with Crippen LogP contribution in [0.25, 0.3) is 0 Å². The quantitative estimate of drug-likeness (QED) is 0.704. The molecule has 0 aromatic carbocycles. The molecule has 0 atom stereocenters. The van der Waals surface area contributed by atoms with Crippen LogP contribution in [0, 0.1) is 5.92 Å². The van der Waals surface area contributed by atoms with Crippen LogP contribution in [0.2, 0.25) is 0 Å². The van der Waals surface area contributed by atoms with Crippen molar-refractivity contribution in [1.82, 2.24) is 9.88 Å². The average Bonchev–Trinajstić information content (AvgIpc) is 2.66. The fourth-order valence-corrected chi connectivity index (χ4v) is 2.05. The van der Waals surface area contributed by atoms with E-state index < -0.39 is 0 Å². The zero-order chi connectivity index (χ0) is 11.8. The number of nitrogens with one attached hydrogen (secondary N) is 1. The minimum Gasteiger partial charge on any atom is -0.354 e. The third-order valence-corrected chi connectivity index (χ3v) is 3.16. The molecule has 0 aliphatic rings. The topological polar surface area (TPSA) is 17.0 Å². The second-order valence-electron chi connectivity index (χ2n) is 4.63. The monoisotopic (exact) mass is 240 g/mol. The number of hydrogen-bond donors (Lipinski definition) is 1. The van der Waals surface area contributed by atoms with Crippen molar-refractivity contribution in [3.05, 3.63) is 24.0 Å². The lowest BCUT2D eigenvalue weighted by molar-refractivity contribution is 0.551. The molecule has 92 valence electrons. The summed E-state index contributed by atoms with van der Waals surface area (Å²) in [6, 6.07) is 2.21. The number of nitrogens with zero attached hydrogens (tertiary/aromatic N) is 1. The minimum atomic E-state index is 0.726. The Morgan fingerprint density at radius 2 is 2.25 bits per heavy atom. The standard InChI is InChI=1S/C13H24N2S/c1-12(2)9-14-10-13-5-7-15(11-13)6-4-8-16-3/h5,7,11-12,14H,4,6,8-10H2,1-3H3. The first kappa shape index (κ1) is 13.7. The van der Waals surface area contributed by atoms with E-state index >= 15 is 0 Å². The summed E-state index contributed by atoms with van der Waals surface area (Å²) in [5, 5.41) is 3.46. The van der Waals surface area contributed by atoms with Gasteiger partial charge in [0.25, 0.3) is 0 Å². The lowest BCUT2D eigenvalue weighted by Crippen LogP contribution is -2.18. The smallest absolute Gasteiger partial charge is 0.0227 e. The second kappa shape index (κ2) is 7.80. The summed E-state index contributed by atoms with van der Waals surface area (Å²) in [4.78, 5) is 0. The van der Waals surface area contributed by atoms with Gasteiger partial charge in [-0.15, -0.1) is 0 Å². The lowest BCUT2D eigenvalue weighted by atomic mass is 10.2. The first-order valence-electron chi connectivity index (χ1n) is 6.06. The molecule has 3 heteroatoms. The van der Waals surface area contributed by atoms with Crippen molar-refractivity contribution in [1.29, 1.82) is 0 Å². The van der Waals surface area contributed by atoms with Gasteiger partial charge in [0.15, 0.2) is 0 Å². The van der Waals surface area contributed by atoms with Crippen molar-refractivity contribution in [3.63, 3.8) is 0 Å². The first-order valence-corrected chi connectivity index (χ1v) is 7.46. The van der Waals surface area contributed by atoms with Crippen LogP contribution < -0.4 is 5.32 Å². The molecule has 1 rings (SSSR count). The molecule has 1 N–H and O–H groups in total. The van der Waals surface area contributed by atoms with Crippen molar-refractivity contribution in [2.45, 2.75) is 33.4 Å². The molecule has 0 saturated heterocycles. The van der Waals surface area contributed by atoms with Crippen molar-refractivity contribution in [3.8, 4) is 0 Å². The fourth-order valence-electron chi connectivity index (χ4n) is 1.63. The summed E-state index contributed by atoms with van der Waals surface area (Å²) >= 11 is 1.92. The third kappa shape index (κ3) is 5.61. The van der Waals surface area contributed by atoms with E-state index in [1.165, 1.54) is 17.7 Å². The highest BCUT2D eigenvalue weighted by Gasteiger charge is 1.98. The molecule has 0 spiro atoms. The highest BCUT2D eigenvalue weighted by Crippen LogP contribution is 2.04. The highest BCUT2D eigenvalue weighted by molar-refractivity contribution is 7.98. The number of hydrogen-bond acceptors (Lipinski definition) is 2. The third-order valence-electron chi connectivity index (χ3n) is 2.46. The van der Waals surface area contributed by atoms with E-state index in [4.69, 9.17) is 0 Å².